The highest BCUT2D eigenvalue weighted by Gasteiger charge is 2.13. The minimum atomic E-state index is -0.283. The van der Waals surface area contributed by atoms with Crippen LogP contribution in [0.2, 0.25) is 0 Å². The van der Waals surface area contributed by atoms with Gasteiger partial charge >= 0.3 is 11.7 Å². The molecular formula is C16H23N5O2. The summed E-state index contributed by atoms with van der Waals surface area (Å²) in [5.74, 6) is 0.602. The van der Waals surface area contributed by atoms with Gasteiger partial charge in [0.25, 0.3) is 0 Å². The first kappa shape index (κ1) is 16.8. The molecule has 2 aromatic rings. The lowest BCUT2D eigenvalue weighted by Gasteiger charge is -2.19. The van der Waals surface area contributed by atoms with E-state index in [1.807, 2.05) is 24.3 Å². The summed E-state index contributed by atoms with van der Waals surface area (Å²) in [5, 5.41) is 11.8. The largest absolute Gasteiger partial charge is 0.343 e. The highest BCUT2D eigenvalue weighted by molar-refractivity contribution is 5.89. The highest BCUT2D eigenvalue weighted by Crippen LogP contribution is 2.23. The molecule has 23 heavy (non-hydrogen) atoms. The lowest BCUT2D eigenvalue weighted by molar-refractivity contribution is 0.252. The van der Waals surface area contributed by atoms with E-state index in [1.54, 1.807) is 7.05 Å². The standard InChI is InChI=1S/C16H23N5O2/c1-16(2,3)11-5-7-12(8-6-11)18-14(22)17-10-9-13-19-20-15(23)21(13)4/h5-8H,9-10H2,1-4H3,(H,20,23)(H2,17,18,22). The Bertz CT molecular complexity index is 722. The zero-order valence-corrected chi connectivity index (χ0v) is 13.9. The number of carbonyl (C=O) groups is 1. The van der Waals surface area contributed by atoms with Gasteiger partial charge in [-0.15, -0.1) is 0 Å². The van der Waals surface area contributed by atoms with Crippen LogP contribution in [0.5, 0.6) is 0 Å². The summed E-state index contributed by atoms with van der Waals surface area (Å²) in [6.45, 7) is 6.82. The number of nitrogens with zero attached hydrogens (tertiary/aromatic N) is 2. The van der Waals surface area contributed by atoms with Crippen molar-refractivity contribution < 1.29 is 4.79 Å². The van der Waals surface area contributed by atoms with Gasteiger partial charge in [-0.3, -0.25) is 4.57 Å². The van der Waals surface area contributed by atoms with Gasteiger partial charge in [-0.05, 0) is 23.1 Å². The van der Waals surface area contributed by atoms with Crippen molar-refractivity contribution in [3.8, 4) is 0 Å². The Hall–Kier alpha value is -2.57. The van der Waals surface area contributed by atoms with Crippen LogP contribution in [0.1, 0.15) is 32.2 Å². The molecule has 2 rings (SSSR count). The highest BCUT2D eigenvalue weighted by atomic mass is 16.2. The molecule has 0 fully saturated rings. The van der Waals surface area contributed by atoms with Crippen molar-refractivity contribution >= 4 is 11.7 Å². The average Bonchev–Trinajstić information content (AvgIpc) is 2.79. The number of hydrogen-bond donors (Lipinski definition) is 3. The Morgan fingerprint density at radius 3 is 2.43 bits per heavy atom. The number of amides is 2. The van der Waals surface area contributed by atoms with Crippen molar-refractivity contribution in [3.63, 3.8) is 0 Å². The summed E-state index contributed by atoms with van der Waals surface area (Å²) in [4.78, 5) is 23.1. The van der Waals surface area contributed by atoms with Crippen LogP contribution in [-0.2, 0) is 18.9 Å². The summed E-state index contributed by atoms with van der Waals surface area (Å²) in [7, 11) is 1.64. The molecule has 7 nitrogen and oxygen atoms in total. The van der Waals surface area contributed by atoms with E-state index in [9.17, 15) is 9.59 Å². The molecule has 0 spiro atoms. The smallest absolute Gasteiger partial charge is 0.337 e. The Kier molecular flexibility index (Phi) is 4.88. The molecule has 1 heterocycles. The van der Waals surface area contributed by atoms with Gasteiger partial charge in [0.15, 0.2) is 0 Å². The second-order valence-corrected chi connectivity index (χ2v) is 6.46. The molecule has 0 unspecified atom stereocenters. The van der Waals surface area contributed by atoms with Gasteiger partial charge in [0.05, 0.1) is 0 Å². The van der Waals surface area contributed by atoms with Crippen molar-refractivity contribution in [1.82, 2.24) is 20.1 Å². The first-order valence-corrected chi connectivity index (χ1v) is 7.53. The van der Waals surface area contributed by atoms with Crippen molar-refractivity contribution in [2.45, 2.75) is 32.6 Å². The molecule has 0 bridgehead atoms. The molecule has 2 amide bonds. The first-order valence-electron chi connectivity index (χ1n) is 7.53. The van der Waals surface area contributed by atoms with E-state index in [4.69, 9.17) is 0 Å². The number of carbonyl (C=O) groups excluding carboxylic acids is 1. The van der Waals surface area contributed by atoms with Crippen LogP contribution in [0.3, 0.4) is 0 Å². The molecule has 0 atom stereocenters. The summed E-state index contributed by atoms with van der Waals surface area (Å²) in [6.07, 6.45) is 0.478. The minimum Gasteiger partial charge on any atom is -0.337 e. The third kappa shape index (κ3) is 4.45. The summed E-state index contributed by atoms with van der Waals surface area (Å²) < 4.78 is 1.42. The van der Waals surface area contributed by atoms with Gasteiger partial charge in [0.2, 0.25) is 0 Å². The number of aromatic nitrogens is 3. The molecule has 124 valence electrons. The molecule has 1 aromatic heterocycles. The topological polar surface area (TPSA) is 91.8 Å². The molecule has 0 aliphatic carbocycles. The van der Waals surface area contributed by atoms with E-state index in [2.05, 4.69) is 41.6 Å². The maximum absolute atomic E-state index is 11.9. The molecule has 0 saturated heterocycles. The number of urea groups is 1. The lowest BCUT2D eigenvalue weighted by atomic mass is 9.87. The zero-order chi connectivity index (χ0) is 17.0. The van der Waals surface area contributed by atoms with E-state index < -0.39 is 0 Å². The summed E-state index contributed by atoms with van der Waals surface area (Å²) in [6, 6.07) is 7.51. The molecule has 1 aromatic carbocycles. The Balaban J connectivity index is 1.83. The normalized spacial score (nSPS) is 11.3. The molecule has 0 saturated carbocycles. The second kappa shape index (κ2) is 6.68. The van der Waals surface area contributed by atoms with E-state index in [1.165, 1.54) is 10.1 Å². The van der Waals surface area contributed by atoms with Crippen molar-refractivity contribution in [2.75, 3.05) is 11.9 Å². The summed E-state index contributed by atoms with van der Waals surface area (Å²) >= 11 is 0. The first-order chi connectivity index (χ1) is 10.8. The van der Waals surface area contributed by atoms with Gasteiger partial charge in [0, 0.05) is 25.7 Å². The van der Waals surface area contributed by atoms with Gasteiger partial charge in [-0.2, -0.15) is 5.10 Å². The molecule has 0 aliphatic heterocycles. The van der Waals surface area contributed by atoms with Crippen LogP contribution in [0.4, 0.5) is 10.5 Å². The molecular weight excluding hydrogens is 294 g/mol. The predicted octanol–water partition coefficient (Wildman–Crippen LogP) is 1.77. The van der Waals surface area contributed by atoms with Crippen LogP contribution in [0.25, 0.3) is 0 Å². The maximum Gasteiger partial charge on any atom is 0.343 e. The van der Waals surface area contributed by atoms with Crippen LogP contribution in [0, 0.1) is 0 Å². The predicted molar refractivity (Wildman–Crippen MR) is 89.7 cm³/mol. The van der Waals surface area contributed by atoms with Crippen molar-refractivity contribution in [3.05, 3.63) is 46.1 Å². The number of rotatable bonds is 4. The third-order valence-electron chi connectivity index (χ3n) is 3.62. The fourth-order valence-electron chi connectivity index (χ4n) is 2.12. The van der Waals surface area contributed by atoms with Crippen LogP contribution in [-0.4, -0.2) is 27.3 Å². The van der Waals surface area contributed by atoms with Gasteiger partial charge in [-0.1, -0.05) is 32.9 Å². The van der Waals surface area contributed by atoms with Crippen molar-refractivity contribution in [2.24, 2.45) is 7.05 Å². The Morgan fingerprint density at radius 1 is 1.26 bits per heavy atom. The number of hydrogen-bond acceptors (Lipinski definition) is 3. The van der Waals surface area contributed by atoms with Crippen LogP contribution >= 0.6 is 0 Å². The van der Waals surface area contributed by atoms with E-state index in [0.717, 1.165) is 5.69 Å². The molecule has 0 aliphatic rings. The van der Waals surface area contributed by atoms with Gasteiger partial charge in [0.1, 0.15) is 5.82 Å². The number of H-pyrrole nitrogens is 1. The van der Waals surface area contributed by atoms with Gasteiger partial charge < -0.3 is 10.6 Å². The minimum absolute atomic E-state index is 0.0836. The Labute approximate surface area is 135 Å². The second-order valence-electron chi connectivity index (χ2n) is 6.46. The number of aromatic amines is 1. The summed E-state index contributed by atoms with van der Waals surface area (Å²) in [5.41, 5.74) is 1.77. The molecule has 7 heteroatoms. The van der Waals surface area contributed by atoms with Gasteiger partial charge in [-0.25, -0.2) is 14.7 Å². The Morgan fingerprint density at radius 2 is 1.91 bits per heavy atom. The fourth-order valence-corrected chi connectivity index (χ4v) is 2.12. The third-order valence-corrected chi connectivity index (χ3v) is 3.62. The fraction of sp³-hybridized carbons (Fsp3) is 0.438. The van der Waals surface area contributed by atoms with Crippen molar-refractivity contribution in [1.29, 1.82) is 0 Å². The molecule has 3 N–H and O–H groups in total. The SMILES string of the molecule is Cn1c(CCNC(=O)Nc2ccc(C(C)(C)C)cc2)n[nH]c1=O. The molecule has 0 radical (unpaired) electrons. The number of benzene rings is 1. The zero-order valence-electron chi connectivity index (χ0n) is 13.9. The van der Waals surface area contributed by atoms with E-state index >= 15 is 0 Å². The average molecular weight is 317 g/mol. The maximum atomic E-state index is 11.9. The monoisotopic (exact) mass is 317 g/mol. The lowest BCUT2D eigenvalue weighted by Crippen LogP contribution is -2.31. The van der Waals surface area contributed by atoms with Crippen LogP contribution in [0.15, 0.2) is 29.1 Å². The quantitative estimate of drug-likeness (QED) is 0.802. The number of anilines is 1. The van der Waals surface area contributed by atoms with E-state index in [-0.39, 0.29) is 17.1 Å². The van der Waals surface area contributed by atoms with E-state index in [0.29, 0.717) is 18.8 Å². The number of nitrogens with one attached hydrogen (secondary N) is 3. The van der Waals surface area contributed by atoms with Crippen LogP contribution < -0.4 is 16.3 Å².